The van der Waals surface area contributed by atoms with Gasteiger partial charge in [0.25, 0.3) is 0 Å². The van der Waals surface area contributed by atoms with Crippen LogP contribution < -0.4 is 9.64 Å². The van der Waals surface area contributed by atoms with E-state index < -0.39 is 0 Å². The van der Waals surface area contributed by atoms with Gasteiger partial charge in [0.2, 0.25) is 0 Å². The van der Waals surface area contributed by atoms with Gasteiger partial charge in [-0.25, -0.2) is 0 Å². The Kier molecular flexibility index (Phi) is 6.47. The normalized spacial score (nSPS) is 19.9. The van der Waals surface area contributed by atoms with Gasteiger partial charge < -0.3 is 9.64 Å². The summed E-state index contributed by atoms with van der Waals surface area (Å²) in [5, 5.41) is 10.0. The molecule has 0 aliphatic carbocycles. The molecule has 1 atom stereocenters. The lowest BCUT2D eigenvalue weighted by atomic mass is 9.97. The number of nitrogens with zero attached hydrogens (tertiary/aromatic N) is 6. The van der Waals surface area contributed by atoms with Gasteiger partial charge in [-0.05, 0) is 70.4 Å². The van der Waals surface area contributed by atoms with Gasteiger partial charge in [-0.2, -0.15) is 0 Å². The topological polar surface area (TPSA) is 58.8 Å². The predicted octanol–water partition coefficient (Wildman–Crippen LogP) is 5.90. The summed E-state index contributed by atoms with van der Waals surface area (Å²) in [6, 6.07) is 19.8. The number of fused-ring (bicyclic) bond motifs is 3. The first-order valence-electron chi connectivity index (χ1n) is 14.4. The number of piperidine rings is 1. The number of para-hydroxylation sites is 1. The molecule has 7 nitrogen and oxygen atoms in total. The van der Waals surface area contributed by atoms with Crippen molar-refractivity contribution in [3.8, 4) is 10.8 Å². The van der Waals surface area contributed by atoms with Crippen LogP contribution in [-0.4, -0.2) is 63.7 Å². The number of anilines is 1. The molecule has 0 spiro atoms. The van der Waals surface area contributed by atoms with Gasteiger partial charge in [0.15, 0.2) is 5.82 Å². The number of rotatable bonds is 5. The summed E-state index contributed by atoms with van der Waals surface area (Å²) in [6.07, 6.45) is 2.71. The highest BCUT2D eigenvalue weighted by atomic mass is 32.1. The fourth-order valence-corrected chi connectivity index (χ4v) is 7.55. The second-order valence-corrected chi connectivity index (χ2v) is 12.5. The lowest BCUT2D eigenvalue weighted by Gasteiger charge is -2.47. The molecule has 4 aromatic rings. The highest BCUT2D eigenvalue weighted by Crippen LogP contribution is 2.39. The maximum Gasteiger partial charge on any atom is 0.162 e. The van der Waals surface area contributed by atoms with E-state index in [-0.39, 0.29) is 6.04 Å². The Hall–Kier alpha value is -3.49. The van der Waals surface area contributed by atoms with Crippen LogP contribution in [0.3, 0.4) is 0 Å². The Bertz CT molecular complexity index is 1540. The third-order valence-electron chi connectivity index (χ3n) is 8.76. The van der Waals surface area contributed by atoms with Gasteiger partial charge in [0.05, 0.1) is 5.71 Å². The van der Waals surface area contributed by atoms with E-state index in [1.54, 1.807) is 0 Å². The molecular formula is C32H36N6OS. The molecule has 206 valence electrons. The molecule has 7 rings (SSSR count). The minimum atomic E-state index is -0.0617. The number of hydrogen-bond donors (Lipinski definition) is 0. The van der Waals surface area contributed by atoms with E-state index in [9.17, 15) is 0 Å². The molecule has 0 saturated carbocycles. The van der Waals surface area contributed by atoms with Crippen molar-refractivity contribution in [2.75, 3.05) is 31.1 Å². The molecule has 40 heavy (non-hydrogen) atoms. The second-order valence-electron chi connectivity index (χ2n) is 11.3. The number of aromatic nitrogens is 3. The van der Waals surface area contributed by atoms with Crippen LogP contribution in [0.2, 0.25) is 0 Å². The lowest BCUT2D eigenvalue weighted by molar-refractivity contribution is -0.0153. The third-order valence-corrected chi connectivity index (χ3v) is 9.95. The van der Waals surface area contributed by atoms with E-state index in [0.717, 1.165) is 54.9 Å². The Morgan fingerprint density at radius 2 is 1.62 bits per heavy atom. The summed E-state index contributed by atoms with van der Waals surface area (Å²) in [7, 11) is 0. The lowest BCUT2D eigenvalue weighted by Crippen LogP contribution is -2.59. The third kappa shape index (κ3) is 4.43. The van der Waals surface area contributed by atoms with Crippen molar-refractivity contribution in [3.05, 3.63) is 87.8 Å². The van der Waals surface area contributed by atoms with Crippen molar-refractivity contribution >= 4 is 22.7 Å². The molecule has 8 heteroatoms. The van der Waals surface area contributed by atoms with Crippen LogP contribution in [0.25, 0.3) is 5.00 Å². The quantitative estimate of drug-likeness (QED) is 0.309. The van der Waals surface area contributed by atoms with Crippen molar-refractivity contribution in [3.63, 3.8) is 0 Å². The first-order chi connectivity index (χ1) is 19.5. The van der Waals surface area contributed by atoms with Crippen LogP contribution in [-0.2, 0) is 0 Å². The average Bonchev–Trinajstić information content (AvgIpc) is 3.44. The second kappa shape index (κ2) is 10.2. The Morgan fingerprint density at radius 1 is 0.900 bits per heavy atom. The van der Waals surface area contributed by atoms with Gasteiger partial charge in [-0.15, -0.1) is 21.5 Å². The maximum atomic E-state index is 6.12. The number of aliphatic imine (C=N–C) groups is 1. The molecule has 2 fully saturated rings. The minimum absolute atomic E-state index is 0.0617. The smallest absolute Gasteiger partial charge is 0.162 e. The average molecular weight is 553 g/mol. The molecular weight excluding hydrogens is 516 g/mol. The van der Waals surface area contributed by atoms with Crippen molar-refractivity contribution in [2.24, 2.45) is 4.99 Å². The summed E-state index contributed by atoms with van der Waals surface area (Å²) in [5.41, 5.74) is 6.03. The number of likely N-dealkylation sites (tertiary alicyclic amines) is 1. The Morgan fingerprint density at radius 3 is 2.35 bits per heavy atom. The van der Waals surface area contributed by atoms with Gasteiger partial charge in [-0.1, -0.05) is 30.3 Å². The zero-order valence-corrected chi connectivity index (χ0v) is 24.5. The highest BCUT2D eigenvalue weighted by molar-refractivity contribution is 7.15. The van der Waals surface area contributed by atoms with Crippen molar-refractivity contribution in [2.45, 2.75) is 58.7 Å². The molecule has 0 N–H and O–H groups in total. The number of benzene rings is 2. The fraction of sp³-hybridized carbons (Fsp3) is 0.406. The van der Waals surface area contributed by atoms with Crippen LogP contribution in [0.15, 0.2) is 59.6 Å². The molecule has 2 aromatic carbocycles. The summed E-state index contributed by atoms with van der Waals surface area (Å²) in [6.45, 7) is 12.8. The van der Waals surface area contributed by atoms with Crippen molar-refractivity contribution in [1.82, 2.24) is 19.7 Å². The maximum absolute atomic E-state index is 6.12. The van der Waals surface area contributed by atoms with Gasteiger partial charge >= 0.3 is 0 Å². The molecule has 0 amide bonds. The molecule has 2 saturated heterocycles. The van der Waals surface area contributed by atoms with E-state index in [2.05, 4.69) is 69.6 Å². The number of aryl methyl sites for hydroxylation is 2. The van der Waals surface area contributed by atoms with E-state index in [1.165, 1.54) is 39.5 Å². The summed E-state index contributed by atoms with van der Waals surface area (Å²) in [5.74, 6) is 2.81. The SMILES string of the molecule is Cc1sc2c(c1C)C(c1ccc(N3CCC(N4CC(Oc5ccccc5)C4)CC3)cc1)=N[C@@H](C)c1nnc(C)n1-2. The monoisotopic (exact) mass is 552 g/mol. The molecule has 5 heterocycles. The van der Waals surface area contributed by atoms with Gasteiger partial charge in [0, 0.05) is 53.9 Å². The summed E-state index contributed by atoms with van der Waals surface area (Å²) in [4.78, 5) is 11.7. The van der Waals surface area contributed by atoms with Crippen LogP contribution in [0.4, 0.5) is 5.69 Å². The Labute approximate surface area is 240 Å². The number of thiophene rings is 1. The van der Waals surface area contributed by atoms with Crippen LogP contribution in [0.5, 0.6) is 5.75 Å². The van der Waals surface area contributed by atoms with E-state index in [0.29, 0.717) is 12.1 Å². The standard InChI is InChI=1S/C32H36N6OS/c1-20-22(3)40-32-29(20)30(33-21(2)31-35-34-23(4)38(31)32)24-10-12-25(13-11-24)36-16-14-26(15-17-36)37-18-28(19-37)39-27-8-6-5-7-9-27/h5-13,21,26,28H,14-19H2,1-4H3/t21-/m0/s1. The zero-order valence-electron chi connectivity index (χ0n) is 23.7. The highest BCUT2D eigenvalue weighted by Gasteiger charge is 2.35. The number of ether oxygens (including phenoxy) is 1. The minimum Gasteiger partial charge on any atom is -0.488 e. The fourth-order valence-electron chi connectivity index (χ4n) is 6.33. The summed E-state index contributed by atoms with van der Waals surface area (Å²) >= 11 is 1.81. The van der Waals surface area contributed by atoms with Crippen molar-refractivity contribution in [1.29, 1.82) is 0 Å². The predicted molar refractivity (Wildman–Crippen MR) is 162 cm³/mol. The largest absolute Gasteiger partial charge is 0.488 e. The molecule has 3 aliphatic heterocycles. The molecule has 0 radical (unpaired) electrons. The molecule has 0 unspecified atom stereocenters. The van der Waals surface area contributed by atoms with E-state index in [1.807, 2.05) is 48.6 Å². The first kappa shape index (κ1) is 25.5. The van der Waals surface area contributed by atoms with Gasteiger partial charge in [-0.3, -0.25) is 14.5 Å². The molecule has 2 aromatic heterocycles. The van der Waals surface area contributed by atoms with Crippen molar-refractivity contribution < 1.29 is 4.74 Å². The van der Waals surface area contributed by atoms with Crippen LogP contribution >= 0.6 is 11.3 Å². The van der Waals surface area contributed by atoms with E-state index >= 15 is 0 Å². The molecule has 3 aliphatic rings. The van der Waals surface area contributed by atoms with E-state index in [4.69, 9.17) is 9.73 Å². The first-order valence-corrected chi connectivity index (χ1v) is 15.2. The molecule has 0 bridgehead atoms. The number of hydrogen-bond acceptors (Lipinski definition) is 7. The van der Waals surface area contributed by atoms with Gasteiger partial charge in [0.1, 0.15) is 28.7 Å². The Balaban J connectivity index is 1.03. The zero-order chi connectivity index (χ0) is 27.4. The van der Waals surface area contributed by atoms with Crippen LogP contribution in [0.1, 0.15) is 59.0 Å². The van der Waals surface area contributed by atoms with Crippen LogP contribution in [0, 0.1) is 20.8 Å². The summed E-state index contributed by atoms with van der Waals surface area (Å²) < 4.78 is 8.32.